The number of hydrogen-bond acceptors (Lipinski definition) is 5. The molecule has 2 aromatic rings. The Bertz CT molecular complexity index is 977. The zero-order valence-corrected chi connectivity index (χ0v) is 16.6. The second-order valence-corrected chi connectivity index (χ2v) is 6.91. The van der Waals surface area contributed by atoms with E-state index in [9.17, 15) is 14.4 Å². The third-order valence-corrected chi connectivity index (χ3v) is 4.42. The Kier molecular flexibility index (Phi) is 5.97. The Labute approximate surface area is 169 Å². The van der Waals surface area contributed by atoms with Gasteiger partial charge in [-0.15, -0.1) is 0 Å². The Morgan fingerprint density at radius 2 is 1.79 bits per heavy atom. The van der Waals surface area contributed by atoms with Gasteiger partial charge in [-0.1, -0.05) is 18.2 Å². The van der Waals surface area contributed by atoms with Crippen molar-refractivity contribution < 1.29 is 19.1 Å². The quantitative estimate of drug-likeness (QED) is 0.762. The Balaban J connectivity index is 1.84. The summed E-state index contributed by atoms with van der Waals surface area (Å²) in [6, 6.07) is 12.9. The first-order valence-electron chi connectivity index (χ1n) is 9.19. The van der Waals surface area contributed by atoms with Crippen LogP contribution in [0.3, 0.4) is 0 Å². The molecule has 0 unspecified atom stereocenters. The van der Waals surface area contributed by atoms with Crippen molar-refractivity contribution in [2.45, 2.75) is 20.3 Å². The van der Waals surface area contributed by atoms with Crippen LogP contribution in [0.4, 0.5) is 17.1 Å². The molecule has 2 amide bonds. The summed E-state index contributed by atoms with van der Waals surface area (Å²) >= 11 is 0. The molecule has 2 aromatic carbocycles. The molecular formula is C22H23N3O4. The highest BCUT2D eigenvalue weighted by molar-refractivity contribution is 6.10. The first-order valence-corrected chi connectivity index (χ1v) is 9.19. The number of rotatable bonds is 5. The number of anilines is 3. The summed E-state index contributed by atoms with van der Waals surface area (Å²) in [4.78, 5) is 38.5. The van der Waals surface area contributed by atoms with E-state index in [1.807, 2.05) is 38.1 Å². The maximum absolute atomic E-state index is 12.8. The van der Waals surface area contributed by atoms with Crippen LogP contribution in [0.15, 0.2) is 54.2 Å². The van der Waals surface area contributed by atoms with Gasteiger partial charge in [0, 0.05) is 17.5 Å². The van der Waals surface area contributed by atoms with Crippen LogP contribution in [0.25, 0.3) is 0 Å². The molecule has 0 aromatic heterocycles. The zero-order chi connectivity index (χ0) is 21.0. The van der Waals surface area contributed by atoms with Crippen LogP contribution in [0.1, 0.15) is 17.5 Å². The van der Waals surface area contributed by atoms with Crippen molar-refractivity contribution in [3.05, 3.63) is 65.4 Å². The average Bonchev–Trinajstić information content (AvgIpc) is 2.77. The van der Waals surface area contributed by atoms with E-state index >= 15 is 0 Å². The summed E-state index contributed by atoms with van der Waals surface area (Å²) in [5.41, 5.74) is 4.36. The lowest BCUT2D eigenvalue weighted by atomic mass is 10.1. The topological polar surface area (TPSA) is 87.7 Å². The molecule has 0 aliphatic carbocycles. The fourth-order valence-corrected chi connectivity index (χ4v) is 3.25. The number of fused-ring (bicyclic) bond motifs is 1. The number of ether oxygens (including phenoxy) is 1. The molecule has 0 radical (unpaired) electrons. The van der Waals surface area contributed by atoms with Crippen molar-refractivity contribution >= 4 is 34.8 Å². The molecule has 0 spiro atoms. The molecule has 3 rings (SSSR count). The summed E-state index contributed by atoms with van der Waals surface area (Å²) in [5.74, 6) is -1.17. The summed E-state index contributed by atoms with van der Waals surface area (Å²) in [5, 5.41) is 5.94. The van der Waals surface area contributed by atoms with Gasteiger partial charge < -0.3 is 15.4 Å². The maximum Gasteiger partial charge on any atom is 0.311 e. The molecule has 150 valence electrons. The third kappa shape index (κ3) is 5.01. The van der Waals surface area contributed by atoms with Gasteiger partial charge in [-0.05, 0) is 49.2 Å². The number of amides is 2. The molecule has 1 aliphatic heterocycles. The highest BCUT2D eigenvalue weighted by Crippen LogP contribution is 2.30. The summed E-state index contributed by atoms with van der Waals surface area (Å²) in [7, 11) is 1.29. The molecular weight excluding hydrogens is 370 g/mol. The minimum Gasteiger partial charge on any atom is -0.469 e. The van der Waals surface area contributed by atoms with Crippen LogP contribution in [-0.4, -0.2) is 31.4 Å². The number of para-hydroxylation sites is 2. The first kappa shape index (κ1) is 20.1. The van der Waals surface area contributed by atoms with E-state index in [-0.39, 0.29) is 18.9 Å². The molecule has 0 atom stereocenters. The van der Waals surface area contributed by atoms with Crippen LogP contribution in [0.5, 0.6) is 0 Å². The van der Waals surface area contributed by atoms with Crippen molar-refractivity contribution in [3.63, 3.8) is 0 Å². The summed E-state index contributed by atoms with van der Waals surface area (Å²) in [6.45, 7) is 3.75. The van der Waals surface area contributed by atoms with Crippen LogP contribution in [-0.2, 0) is 19.1 Å². The predicted molar refractivity (Wildman–Crippen MR) is 112 cm³/mol. The minimum absolute atomic E-state index is 0.0703. The Morgan fingerprint density at radius 3 is 2.48 bits per heavy atom. The zero-order valence-electron chi connectivity index (χ0n) is 16.6. The van der Waals surface area contributed by atoms with Gasteiger partial charge in [-0.25, -0.2) is 0 Å². The maximum atomic E-state index is 12.8. The molecule has 2 N–H and O–H groups in total. The minimum atomic E-state index is -0.463. The molecule has 7 heteroatoms. The normalized spacial score (nSPS) is 13.0. The summed E-state index contributed by atoms with van der Waals surface area (Å²) in [6.07, 6.45) is 1.25. The van der Waals surface area contributed by atoms with Gasteiger partial charge in [0.05, 0.1) is 24.9 Å². The van der Waals surface area contributed by atoms with Crippen molar-refractivity contribution in [2.75, 3.05) is 29.2 Å². The fraction of sp³-hybridized carbons (Fsp3) is 0.227. The van der Waals surface area contributed by atoms with E-state index in [4.69, 9.17) is 0 Å². The molecule has 0 fully saturated rings. The molecule has 1 heterocycles. The largest absolute Gasteiger partial charge is 0.469 e. The van der Waals surface area contributed by atoms with Gasteiger partial charge in [-0.3, -0.25) is 19.3 Å². The van der Waals surface area contributed by atoms with E-state index in [0.29, 0.717) is 22.8 Å². The van der Waals surface area contributed by atoms with Gasteiger partial charge in [0.2, 0.25) is 5.91 Å². The first-order chi connectivity index (χ1) is 13.9. The van der Waals surface area contributed by atoms with E-state index < -0.39 is 11.9 Å². The molecule has 1 aliphatic rings. The van der Waals surface area contributed by atoms with Gasteiger partial charge in [-0.2, -0.15) is 0 Å². The number of nitrogens with one attached hydrogen (secondary N) is 2. The van der Waals surface area contributed by atoms with Crippen LogP contribution >= 0.6 is 0 Å². The van der Waals surface area contributed by atoms with E-state index in [2.05, 4.69) is 15.4 Å². The Morgan fingerprint density at radius 1 is 1.10 bits per heavy atom. The second-order valence-electron chi connectivity index (χ2n) is 6.91. The molecule has 29 heavy (non-hydrogen) atoms. The van der Waals surface area contributed by atoms with Gasteiger partial charge >= 0.3 is 5.97 Å². The van der Waals surface area contributed by atoms with E-state index in [1.165, 1.54) is 18.1 Å². The lowest BCUT2D eigenvalue weighted by Crippen LogP contribution is -2.37. The SMILES string of the molecule is COC(=O)CC1=CC(=O)N(CC(=O)Nc2cc(C)cc(C)c2)c2ccccc2N1. The highest BCUT2D eigenvalue weighted by Gasteiger charge is 2.25. The number of benzene rings is 2. The van der Waals surface area contributed by atoms with Crippen molar-refractivity contribution in [1.82, 2.24) is 0 Å². The van der Waals surface area contributed by atoms with E-state index in [0.717, 1.165) is 11.1 Å². The van der Waals surface area contributed by atoms with Crippen LogP contribution in [0.2, 0.25) is 0 Å². The highest BCUT2D eigenvalue weighted by atomic mass is 16.5. The molecule has 7 nitrogen and oxygen atoms in total. The lowest BCUT2D eigenvalue weighted by Gasteiger charge is -2.22. The van der Waals surface area contributed by atoms with Gasteiger partial charge in [0.25, 0.3) is 5.91 Å². The van der Waals surface area contributed by atoms with Crippen molar-refractivity contribution in [2.24, 2.45) is 0 Å². The number of methoxy groups -OCH3 is 1. The van der Waals surface area contributed by atoms with Gasteiger partial charge in [0.15, 0.2) is 0 Å². The lowest BCUT2D eigenvalue weighted by molar-refractivity contribution is -0.139. The number of aryl methyl sites for hydroxylation is 2. The number of esters is 1. The van der Waals surface area contributed by atoms with Crippen LogP contribution in [0, 0.1) is 13.8 Å². The molecule has 0 saturated carbocycles. The predicted octanol–water partition coefficient (Wildman–Crippen LogP) is 3.15. The van der Waals surface area contributed by atoms with Gasteiger partial charge in [0.1, 0.15) is 6.54 Å². The number of carbonyl (C=O) groups excluding carboxylic acids is 3. The third-order valence-electron chi connectivity index (χ3n) is 4.42. The van der Waals surface area contributed by atoms with E-state index in [1.54, 1.807) is 18.2 Å². The van der Waals surface area contributed by atoms with Crippen molar-refractivity contribution in [1.29, 1.82) is 0 Å². The monoisotopic (exact) mass is 393 g/mol. The van der Waals surface area contributed by atoms with Crippen LogP contribution < -0.4 is 15.5 Å². The summed E-state index contributed by atoms with van der Waals surface area (Å²) < 4.78 is 4.69. The van der Waals surface area contributed by atoms with Crippen molar-refractivity contribution in [3.8, 4) is 0 Å². The second kappa shape index (κ2) is 8.60. The smallest absolute Gasteiger partial charge is 0.311 e. The average molecular weight is 393 g/mol. The Hall–Kier alpha value is -3.61. The number of carbonyl (C=O) groups is 3. The molecule has 0 bridgehead atoms. The number of hydrogen-bond donors (Lipinski definition) is 2. The molecule has 0 saturated heterocycles. The number of nitrogens with zero attached hydrogens (tertiary/aromatic N) is 1. The fourth-order valence-electron chi connectivity index (χ4n) is 3.25. The standard InChI is InChI=1S/C22H23N3O4/c1-14-8-15(2)10-16(9-14)24-20(26)13-25-19-7-5-4-6-18(19)23-17(11-21(25)27)12-22(28)29-3/h4-11,23H,12-13H2,1-3H3,(H,24,26).